The van der Waals surface area contributed by atoms with E-state index < -0.39 is 0 Å². The zero-order valence-electron chi connectivity index (χ0n) is 11.5. The summed E-state index contributed by atoms with van der Waals surface area (Å²) in [4.78, 5) is 11.6. The first-order valence-corrected chi connectivity index (χ1v) is 6.34. The van der Waals surface area contributed by atoms with Gasteiger partial charge in [-0.25, -0.2) is 0 Å². The minimum Gasteiger partial charge on any atom is -0.492 e. The van der Waals surface area contributed by atoms with Gasteiger partial charge in [0.2, 0.25) is 5.91 Å². The zero-order chi connectivity index (χ0) is 13.4. The van der Waals surface area contributed by atoms with Crippen LogP contribution in [0.15, 0.2) is 24.3 Å². The Kier molecular flexibility index (Phi) is 9.00. The fraction of sp³-hybridized carbons (Fsp3) is 0.500. The minimum atomic E-state index is 0. The standard InChI is InChI=1S/C14H22N2O2.ClH/c1-11(2)3-8-14(17)16-12-4-6-13(7-5-12)18-10-9-15;/h4-7,11H,3,8-10,15H2,1-2H3,(H,16,17);1H. The van der Waals surface area contributed by atoms with E-state index in [0.717, 1.165) is 17.9 Å². The third-order valence-electron chi connectivity index (χ3n) is 2.47. The summed E-state index contributed by atoms with van der Waals surface area (Å²) >= 11 is 0. The Morgan fingerprint density at radius 2 is 1.95 bits per heavy atom. The molecule has 19 heavy (non-hydrogen) atoms. The summed E-state index contributed by atoms with van der Waals surface area (Å²) in [6.45, 7) is 5.21. The van der Waals surface area contributed by atoms with Gasteiger partial charge in [0.05, 0.1) is 0 Å². The SMILES string of the molecule is CC(C)CCC(=O)Nc1ccc(OCCN)cc1.Cl. The lowest BCUT2D eigenvalue weighted by Gasteiger charge is -2.08. The molecule has 108 valence electrons. The maximum atomic E-state index is 11.6. The molecule has 0 radical (unpaired) electrons. The van der Waals surface area contributed by atoms with Crippen LogP contribution in [-0.4, -0.2) is 19.1 Å². The fourth-order valence-electron chi connectivity index (χ4n) is 1.45. The molecule has 0 atom stereocenters. The maximum absolute atomic E-state index is 11.6. The van der Waals surface area contributed by atoms with Gasteiger partial charge in [0, 0.05) is 18.7 Å². The molecular formula is C14H23ClN2O2. The largest absolute Gasteiger partial charge is 0.492 e. The van der Waals surface area contributed by atoms with Crippen LogP contribution in [-0.2, 0) is 4.79 Å². The van der Waals surface area contributed by atoms with Gasteiger partial charge in [-0.2, -0.15) is 0 Å². The van der Waals surface area contributed by atoms with Crippen LogP contribution in [0.2, 0.25) is 0 Å². The average Bonchev–Trinajstić information content (AvgIpc) is 2.35. The van der Waals surface area contributed by atoms with Gasteiger partial charge in [-0.05, 0) is 36.6 Å². The van der Waals surface area contributed by atoms with Gasteiger partial charge in [0.1, 0.15) is 12.4 Å². The second-order valence-electron chi connectivity index (χ2n) is 4.64. The molecule has 0 spiro atoms. The van der Waals surface area contributed by atoms with Crippen molar-refractivity contribution >= 4 is 24.0 Å². The third-order valence-corrected chi connectivity index (χ3v) is 2.47. The van der Waals surface area contributed by atoms with Gasteiger partial charge in [0.15, 0.2) is 0 Å². The van der Waals surface area contributed by atoms with E-state index in [2.05, 4.69) is 19.2 Å². The highest BCUT2D eigenvalue weighted by Crippen LogP contribution is 2.16. The summed E-state index contributed by atoms with van der Waals surface area (Å²) in [6.07, 6.45) is 1.46. The number of nitrogens with one attached hydrogen (secondary N) is 1. The zero-order valence-corrected chi connectivity index (χ0v) is 12.3. The molecule has 0 saturated carbocycles. The van der Waals surface area contributed by atoms with Crippen molar-refractivity contribution in [2.45, 2.75) is 26.7 Å². The molecule has 4 nitrogen and oxygen atoms in total. The second kappa shape index (κ2) is 9.64. The van der Waals surface area contributed by atoms with Crippen LogP contribution in [0, 0.1) is 5.92 Å². The molecule has 0 saturated heterocycles. The summed E-state index contributed by atoms with van der Waals surface area (Å²) in [5.74, 6) is 1.36. The van der Waals surface area contributed by atoms with Crippen molar-refractivity contribution in [2.24, 2.45) is 11.7 Å². The topological polar surface area (TPSA) is 64.3 Å². The predicted molar refractivity (Wildman–Crippen MR) is 80.9 cm³/mol. The smallest absolute Gasteiger partial charge is 0.224 e. The molecule has 1 aromatic rings. The maximum Gasteiger partial charge on any atom is 0.224 e. The van der Waals surface area contributed by atoms with Crippen molar-refractivity contribution in [3.63, 3.8) is 0 Å². The van der Waals surface area contributed by atoms with Crippen molar-refractivity contribution in [2.75, 3.05) is 18.5 Å². The molecule has 0 aliphatic carbocycles. The number of amides is 1. The number of carbonyl (C=O) groups excluding carboxylic acids is 1. The molecule has 5 heteroatoms. The summed E-state index contributed by atoms with van der Waals surface area (Å²) in [5, 5.41) is 2.86. The van der Waals surface area contributed by atoms with E-state index >= 15 is 0 Å². The van der Waals surface area contributed by atoms with Crippen LogP contribution in [0.4, 0.5) is 5.69 Å². The molecule has 1 rings (SSSR count). The number of ether oxygens (including phenoxy) is 1. The van der Waals surface area contributed by atoms with Gasteiger partial charge in [-0.3, -0.25) is 4.79 Å². The van der Waals surface area contributed by atoms with Crippen LogP contribution >= 0.6 is 12.4 Å². The van der Waals surface area contributed by atoms with E-state index in [9.17, 15) is 4.79 Å². The molecule has 0 unspecified atom stereocenters. The molecule has 0 fully saturated rings. The quantitative estimate of drug-likeness (QED) is 0.810. The normalized spacial score (nSPS) is 9.89. The number of nitrogens with two attached hydrogens (primary N) is 1. The monoisotopic (exact) mass is 286 g/mol. The first-order valence-electron chi connectivity index (χ1n) is 6.34. The lowest BCUT2D eigenvalue weighted by Crippen LogP contribution is -2.12. The number of hydrogen-bond donors (Lipinski definition) is 2. The van der Waals surface area contributed by atoms with E-state index in [-0.39, 0.29) is 18.3 Å². The number of hydrogen-bond acceptors (Lipinski definition) is 3. The van der Waals surface area contributed by atoms with Gasteiger partial charge < -0.3 is 15.8 Å². The van der Waals surface area contributed by atoms with E-state index in [1.165, 1.54) is 0 Å². The Balaban J connectivity index is 0.00000324. The average molecular weight is 287 g/mol. The molecule has 0 aliphatic heterocycles. The summed E-state index contributed by atoms with van der Waals surface area (Å²) in [6, 6.07) is 7.32. The second-order valence-corrected chi connectivity index (χ2v) is 4.64. The third kappa shape index (κ3) is 7.70. The molecule has 0 aromatic heterocycles. The summed E-state index contributed by atoms with van der Waals surface area (Å²) in [7, 11) is 0. The number of rotatable bonds is 7. The Bertz CT molecular complexity index is 366. The molecule has 0 bridgehead atoms. The van der Waals surface area contributed by atoms with E-state index in [4.69, 9.17) is 10.5 Å². The van der Waals surface area contributed by atoms with Gasteiger partial charge >= 0.3 is 0 Å². The minimum absolute atomic E-state index is 0. The lowest BCUT2D eigenvalue weighted by atomic mass is 10.1. The van der Waals surface area contributed by atoms with Crippen LogP contribution in [0.3, 0.4) is 0 Å². The highest BCUT2D eigenvalue weighted by molar-refractivity contribution is 5.90. The Morgan fingerprint density at radius 3 is 2.47 bits per heavy atom. The molecular weight excluding hydrogens is 264 g/mol. The van der Waals surface area contributed by atoms with Crippen LogP contribution < -0.4 is 15.8 Å². The fourth-order valence-corrected chi connectivity index (χ4v) is 1.45. The molecule has 0 aliphatic rings. The van der Waals surface area contributed by atoms with Crippen molar-refractivity contribution in [3.8, 4) is 5.75 Å². The predicted octanol–water partition coefficient (Wildman–Crippen LogP) is 2.82. The first kappa shape index (κ1) is 17.7. The van der Waals surface area contributed by atoms with Crippen LogP contribution in [0.25, 0.3) is 0 Å². The van der Waals surface area contributed by atoms with Crippen molar-refractivity contribution in [1.82, 2.24) is 0 Å². The molecule has 1 aromatic carbocycles. The highest BCUT2D eigenvalue weighted by atomic mass is 35.5. The number of anilines is 1. The molecule has 3 N–H and O–H groups in total. The number of benzene rings is 1. The van der Waals surface area contributed by atoms with Gasteiger partial charge in [-0.1, -0.05) is 13.8 Å². The highest BCUT2D eigenvalue weighted by Gasteiger charge is 2.04. The first-order chi connectivity index (χ1) is 8.61. The number of halogens is 1. The Labute approximate surface area is 121 Å². The van der Waals surface area contributed by atoms with Crippen molar-refractivity contribution < 1.29 is 9.53 Å². The van der Waals surface area contributed by atoms with Gasteiger partial charge in [-0.15, -0.1) is 12.4 Å². The Morgan fingerprint density at radius 1 is 1.32 bits per heavy atom. The van der Waals surface area contributed by atoms with Crippen molar-refractivity contribution in [3.05, 3.63) is 24.3 Å². The van der Waals surface area contributed by atoms with Crippen LogP contribution in [0.5, 0.6) is 5.75 Å². The van der Waals surface area contributed by atoms with E-state index in [1.807, 2.05) is 24.3 Å². The lowest BCUT2D eigenvalue weighted by molar-refractivity contribution is -0.116. The van der Waals surface area contributed by atoms with E-state index in [1.54, 1.807) is 0 Å². The van der Waals surface area contributed by atoms with Crippen molar-refractivity contribution in [1.29, 1.82) is 0 Å². The Hall–Kier alpha value is -1.26. The van der Waals surface area contributed by atoms with Crippen LogP contribution in [0.1, 0.15) is 26.7 Å². The summed E-state index contributed by atoms with van der Waals surface area (Å²) < 4.78 is 5.36. The molecule has 0 heterocycles. The summed E-state index contributed by atoms with van der Waals surface area (Å²) in [5.41, 5.74) is 6.14. The number of carbonyl (C=O) groups is 1. The van der Waals surface area contributed by atoms with E-state index in [0.29, 0.717) is 25.5 Å². The molecule has 1 amide bonds. The van der Waals surface area contributed by atoms with Gasteiger partial charge in [0.25, 0.3) is 0 Å².